The Kier molecular flexibility index (Phi) is 6.21. The molecule has 3 N–H and O–H groups in total. The van der Waals surface area contributed by atoms with Gasteiger partial charge in [0.25, 0.3) is 0 Å². The van der Waals surface area contributed by atoms with Gasteiger partial charge in [-0.2, -0.15) is 0 Å². The maximum atomic E-state index is 12.4. The van der Waals surface area contributed by atoms with Crippen LogP contribution in [0.25, 0.3) is 0 Å². The number of nitrogens with two attached hydrogens (primary N) is 1. The standard InChI is InChI=1S/C15H22N2O2S/c1-4-6-13(3)17-20(18,19)15-11-14(7-5-10-16)9-8-12(15)2/h8-9,11,13,17H,4,6,10,16H2,1-3H3. The van der Waals surface area contributed by atoms with Gasteiger partial charge in [-0.1, -0.05) is 31.3 Å². The third-order valence-electron chi connectivity index (χ3n) is 2.89. The zero-order chi connectivity index (χ0) is 15.2. The van der Waals surface area contributed by atoms with Crippen LogP contribution in [0.2, 0.25) is 0 Å². The third-order valence-corrected chi connectivity index (χ3v) is 4.62. The van der Waals surface area contributed by atoms with E-state index in [4.69, 9.17) is 5.73 Å². The van der Waals surface area contributed by atoms with Crippen LogP contribution in [0.5, 0.6) is 0 Å². The fourth-order valence-corrected chi connectivity index (χ4v) is 3.49. The highest BCUT2D eigenvalue weighted by Gasteiger charge is 2.19. The summed E-state index contributed by atoms with van der Waals surface area (Å²) in [6.07, 6.45) is 1.75. The van der Waals surface area contributed by atoms with Crippen LogP contribution in [-0.2, 0) is 10.0 Å². The summed E-state index contributed by atoms with van der Waals surface area (Å²) >= 11 is 0. The minimum atomic E-state index is -3.51. The Bertz CT molecular complexity index is 612. The monoisotopic (exact) mass is 294 g/mol. The largest absolute Gasteiger partial charge is 0.320 e. The van der Waals surface area contributed by atoms with Crippen molar-refractivity contribution < 1.29 is 8.42 Å². The minimum absolute atomic E-state index is 0.0804. The van der Waals surface area contributed by atoms with E-state index in [1.807, 2.05) is 13.8 Å². The molecule has 0 fully saturated rings. The van der Waals surface area contributed by atoms with Crippen molar-refractivity contribution in [1.82, 2.24) is 4.72 Å². The zero-order valence-electron chi connectivity index (χ0n) is 12.2. The van der Waals surface area contributed by atoms with Crippen LogP contribution in [-0.4, -0.2) is 21.0 Å². The lowest BCUT2D eigenvalue weighted by Crippen LogP contribution is -2.32. The van der Waals surface area contributed by atoms with E-state index >= 15 is 0 Å². The van der Waals surface area contributed by atoms with Gasteiger partial charge < -0.3 is 5.73 Å². The second-order valence-corrected chi connectivity index (χ2v) is 6.48. The van der Waals surface area contributed by atoms with E-state index in [-0.39, 0.29) is 17.5 Å². The molecule has 0 bridgehead atoms. The van der Waals surface area contributed by atoms with Crippen LogP contribution in [0.4, 0.5) is 0 Å². The van der Waals surface area contributed by atoms with E-state index in [2.05, 4.69) is 16.6 Å². The summed E-state index contributed by atoms with van der Waals surface area (Å²) < 4.78 is 27.5. The van der Waals surface area contributed by atoms with Gasteiger partial charge in [0.1, 0.15) is 0 Å². The van der Waals surface area contributed by atoms with E-state index in [1.165, 1.54) is 0 Å². The molecule has 0 aromatic heterocycles. The maximum absolute atomic E-state index is 12.4. The number of hydrogen-bond acceptors (Lipinski definition) is 3. The topological polar surface area (TPSA) is 72.2 Å². The number of nitrogens with one attached hydrogen (secondary N) is 1. The van der Waals surface area contributed by atoms with Crippen LogP contribution in [0.15, 0.2) is 23.1 Å². The maximum Gasteiger partial charge on any atom is 0.241 e. The Hall–Kier alpha value is -1.35. The first-order chi connectivity index (χ1) is 9.40. The molecule has 5 heteroatoms. The quantitative estimate of drug-likeness (QED) is 0.813. The molecule has 0 aliphatic rings. The van der Waals surface area contributed by atoms with Gasteiger partial charge >= 0.3 is 0 Å². The van der Waals surface area contributed by atoms with Gasteiger partial charge in [0, 0.05) is 11.6 Å². The third kappa shape index (κ3) is 4.64. The molecule has 0 aliphatic carbocycles. The molecule has 0 saturated carbocycles. The first-order valence-corrected chi connectivity index (χ1v) is 8.21. The van der Waals surface area contributed by atoms with E-state index in [0.717, 1.165) is 12.8 Å². The second-order valence-electron chi connectivity index (χ2n) is 4.80. The van der Waals surface area contributed by atoms with Crippen molar-refractivity contribution in [3.8, 4) is 11.8 Å². The molecule has 20 heavy (non-hydrogen) atoms. The van der Waals surface area contributed by atoms with Gasteiger partial charge in [-0.15, -0.1) is 0 Å². The van der Waals surface area contributed by atoms with Gasteiger partial charge in [-0.05, 0) is 38.0 Å². The molecule has 1 aromatic rings. The number of benzene rings is 1. The van der Waals surface area contributed by atoms with Gasteiger partial charge in [0.2, 0.25) is 10.0 Å². The smallest absolute Gasteiger partial charge is 0.241 e. The predicted molar refractivity (Wildman–Crippen MR) is 81.8 cm³/mol. The van der Waals surface area contributed by atoms with Gasteiger partial charge in [-0.3, -0.25) is 0 Å². The van der Waals surface area contributed by atoms with Crippen LogP contribution in [0.3, 0.4) is 0 Å². The van der Waals surface area contributed by atoms with Gasteiger partial charge in [0.15, 0.2) is 0 Å². The van der Waals surface area contributed by atoms with Crippen molar-refractivity contribution in [2.45, 2.75) is 44.6 Å². The van der Waals surface area contributed by atoms with Crippen molar-refractivity contribution in [1.29, 1.82) is 0 Å². The summed E-state index contributed by atoms with van der Waals surface area (Å²) in [7, 11) is -3.51. The fraction of sp³-hybridized carbons (Fsp3) is 0.467. The zero-order valence-corrected chi connectivity index (χ0v) is 13.0. The molecule has 0 aliphatic heterocycles. The van der Waals surface area contributed by atoms with Gasteiger partial charge in [0.05, 0.1) is 11.4 Å². The summed E-state index contributed by atoms with van der Waals surface area (Å²) in [6, 6.07) is 5.08. The lowest BCUT2D eigenvalue weighted by molar-refractivity contribution is 0.543. The van der Waals surface area contributed by atoms with Crippen molar-refractivity contribution in [2.75, 3.05) is 6.54 Å². The van der Waals surface area contributed by atoms with E-state index in [0.29, 0.717) is 11.1 Å². The molecule has 4 nitrogen and oxygen atoms in total. The lowest BCUT2D eigenvalue weighted by Gasteiger charge is -2.15. The van der Waals surface area contributed by atoms with Crippen LogP contribution in [0, 0.1) is 18.8 Å². The molecule has 0 heterocycles. The minimum Gasteiger partial charge on any atom is -0.320 e. The molecular formula is C15H22N2O2S. The van der Waals surface area contributed by atoms with E-state index in [9.17, 15) is 8.42 Å². The normalized spacial score (nSPS) is 12.6. The summed E-state index contributed by atoms with van der Waals surface area (Å²) in [5, 5.41) is 0. The van der Waals surface area contributed by atoms with E-state index < -0.39 is 10.0 Å². The molecule has 1 atom stereocenters. The summed E-state index contributed by atoms with van der Waals surface area (Å²) in [6.45, 7) is 5.93. The second kappa shape index (κ2) is 7.44. The summed E-state index contributed by atoms with van der Waals surface area (Å²) in [5.41, 5.74) is 6.69. The summed E-state index contributed by atoms with van der Waals surface area (Å²) in [5.74, 6) is 5.58. The number of rotatable bonds is 5. The molecule has 0 spiro atoms. The Morgan fingerprint density at radius 1 is 1.40 bits per heavy atom. The van der Waals surface area contributed by atoms with Crippen LogP contribution < -0.4 is 10.5 Å². The highest BCUT2D eigenvalue weighted by Crippen LogP contribution is 2.17. The average Bonchev–Trinajstić information content (AvgIpc) is 2.37. The van der Waals surface area contributed by atoms with Gasteiger partial charge in [-0.25, -0.2) is 13.1 Å². The number of aryl methyl sites for hydroxylation is 1. The Balaban J connectivity index is 3.10. The number of hydrogen-bond donors (Lipinski definition) is 2. The van der Waals surface area contributed by atoms with Crippen molar-refractivity contribution in [3.63, 3.8) is 0 Å². The average molecular weight is 294 g/mol. The summed E-state index contributed by atoms with van der Waals surface area (Å²) in [4.78, 5) is 0.282. The van der Waals surface area contributed by atoms with Crippen molar-refractivity contribution in [2.24, 2.45) is 5.73 Å². The lowest BCUT2D eigenvalue weighted by atomic mass is 10.1. The Morgan fingerprint density at radius 2 is 2.10 bits per heavy atom. The highest BCUT2D eigenvalue weighted by atomic mass is 32.2. The van der Waals surface area contributed by atoms with Crippen LogP contribution in [0.1, 0.15) is 37.8 Å². The van der Waals surface area contributed by atoms with E-state index in [1.54, 1.807) is 25.1 Å². The van der Waals surface area contributed by atoms with Crippen molar-refractivity contribution >= 4 is 10.0 Å². The molecule has 1 rings (SSSR count). The first kappa shape index (κ1) is 16.7. The molecule has 0 amide bonds. The van der Waals surface area contributed by atoms with Crippen molar-refractivity contribution in [3.05, 3.63) is 29.3 Å². The molecular weight excluding hydrogens is 272 g/mol. The predicted octanol–water partition coefficient (Wildman–Crippen LogP) is 1.77. The van der Waals surface area contributed by atoms with Crippen LogP contribution >= 0.6 is 0 Å². The number of sulfonamides is 1. The SMILES string of the molecule is CCCC(C)NS(=O)(=O)c1cc(C#CCN)ccc1C. The first-order valence-electron chi connectivity index (χ1n) is 6.72. The molecule has 0 saturated heterocycles. The highest BCUT2D eigenvalue weighted by molar-refractivity contribution is 7.89. The molecule has 1 aromatic carbocycles. The molecule has 1 unspecified atom stereocenters. The molecule has 110 valence electrons. The Morgan fingerprint density at radius 3 is 2.70 bits per heavy atom. The Labute approximate surface area is 121 Å². The molecule has 0 radical (unpaired) electrons. The fourth-order valence-electron chi connectivity index (χ4n) is 1.94.